The molecule has 0 heterocycles. The second-order valence-corrected chi connectivity index (χ2v) is 9.10. The van der Waals surface area contributed by atoms with Crippen molar-refractivity contribution in [2.24, 2.45) is 5.92 Å². The lowest BCUT2D eigenvalue weighted by atomic mass is 9.88. The minimum absolute atomic E-state index is 0.227. The Hall–Kier alpha value is -1.65. The lowest BCUT2D eigenvalue weighted by molar-refractivity contribution is -0.123. The summed E-state index contributed by atoms with van der Waals surface area (Å²) in [5.74, 6) is -1.95. The fourth-order valence-corrected chi connectivity index (χ4v) is 4.83. The first kappa shape index (κ1) is 23.6. The lowest BCUT2D eigenvalue weighted by Crippen LogP contribution is -2.34. The molecule has 0 radical (unpaired) electrons. The van der Waals surface area contributed by atoms with E-state index in [0.29, 0.717) is 12.8 Å². The highest BCUT2D eigenvalue weighted by atomic mass is 35.5. The van der Waals surface area contributed by atoms with Crippen LogP contribution in [0.1, 0.15) is 43.2 Å². The van der Waals surface area contributed by atoms with Crippen LogP contribution in [0.3, 0.4) is 0 Å². The van der Waals surface area contributed by atoms with Crippen LogP contribution in [0, 0.1) is 12.8 Å². The number of benzene rings is 2. The third-order valence-corrected chi connectivity index (χ3v) is 6.73. The van der Waals surface area contributed by atoms with E-state index in [0.717, 1.165) is 16.0 Å². The minimum Gasteiger partial charge on any atom is -0.299 e. The molecule has 0 aliphatic heterocycles. The zero-order chi connectivity index (χ0) is 21.4. The number of thioether (sulfide) groups is 1. The molecule has 0 spiro atoms. The molecule has 0 aliphatic carbocycles. The third kappa shape index (κ3) is 7.27. The van der Waals surface area contributed by atoms with E-state index in [2.05, 4.69) is 6.58 Å². The zero-order valence-electron chi connectivity index (χ0n) is 16.8. The molecule has 0 saturated heterocycles. The Balaban J connectivity index is 2.24. The Labute approximate surface area is 181 Å². The molecule has 0 bridgehead atoms. The van der Waals surface area contributed by atoms with Crippen molar-refractivity contribution in [3.05, 3.63) is 78.4 Å². The highest BCUT2D eigenvalue weighted by Gasteiger charge is 2.44. The molecule has 0 aromatic heterocycles. The smallest absolute Gasteiger partial charge is 0.299 e. The number of carbonyl (C=O) groups is 1. The highest BCUT2D eigenvalue weighted by Crippen LogP contribution is 2.43. The van der Waals surface area contributed by atoms with E-state index < -0.39 is 22.5 Å². The van der Waals surface area contributed by atoms with Gasteiger partial charge in [0.25, 0.3) is 0 Å². The number of Topliss-reactive ketones (excluding diaryl/α,β-unsaturated/α-hetero) is 1. The first-order chi connectivity index (χ1) is 13.7. The van der Waals surface area contributed by atoms with Crippen LogP contribution in [0.2, 0.25) is 0 Å². The van der Waals surface area contributed by atoms with Gasteiger partial charge in [-0.3, -0.25) is 4.79 Å². The number of hydrogen-bond donors (Lipinski definition) is 0. The number of hydrogen-bond acceptors (Lipinski definition) is 2. The first-order valence-electron chi connectivity index (χ1n) is 9.71. The second-order valence-electron chi connectivity index (χ2n) is 7.29. The summed E-state index contributed by atoms with van der Waals surface area (Å²) in [5.41, 5.74) is 1.92. The molecule has 0 unspecified atom stereocenters. The molecule has 0 aliphatic rings. The number of aryl methyl sites for hydroxylation is 1. The van der Waals surface area contributed by atoms with Gasteiger partial charge in [0.1, 0.15) is 5.78 Å². The minimum atomic E-state index is -3.48. The van der Waals surface area contributed by atoms with Crippen molar-refractivity contribution in [1.29, 1.82) is 0 Å². The molecule has 2 aromatic rings. The number of rotatable bonds is 11. The van der Waals surface area contributed by atoms with Crippen LogP contribution >= 0.6 is 23.4 Å². The van der Waals surface area contributed by atoms with E-state index in [-0.39, 0.29) is 12.2 Å². The Bertz CT molecular complexity index is 787. The maximum absolute atomic E-state index is 14.4. The van der Waals surface area contributed by atoms with Gasteiger partial charge in [0.15, 0.2) is 0 Å². The highest BCUT2D eigenvalue weighted by molar-refractivity contribution is 8.00. The van der Waals surface area contributed by atoms with Crippen molar-refractivity contribution in [3.63, 3.8) is 0 Å². The molecule has 2 rings (SSSR count). The second kappa shape index (κ2) is 10.9. The van der Waals surface area contributed by atoms with Crippen LogP contribution < -0.4 is 0 Å². The third-order valence-electron chi connectivity index (χ3n) is 5.04. The monoisotopic (exact) mass is 436 g/mol. The van der Waals surface area contributed by atoms with Gasteiger partial charge < -0.3 is 0 Å². The average Bonchev–Trinajstić information content (AvgIpc) is 2.70. The lowest BCUT2D eigenvalue weighted by Gasteiger charge is -2.30. The van der Waals surface area contributed by atoms with Crippen molar-refractivity contribution in [3.8, 4) is 0 Å². The fraction of sp³-hybridized carbons (Fsp3) is 0.375. The average molecular weight is 437 g/mol. The Morgan fingerprint density at radius 1 is 1.17 bits per heavy atom. The Morgan fingerprint density at radius 3 is 2.34 bits per heavy atom. The van der Waals surface area contributed by atoms with E-state index in [4.69, 9.17) is 11.6 Å². The number of allylic oxidation sites excluding steroid dienone is 1. The quantitative estimate of drug-likeness (QED) is 0.204. The van der Waals surface area contributed by atoms with Crippen LogP contribution in [0.5, 0.6) is 0 Å². The summed E-state index contributed by atoms with van der Waals surface area (Å²) in [5, 5.41) is -3.98. The van der Waals surface area contributed by atoms with Gasteiger partial charge in [0.2, 0.25) is 0 Å². The van der Waals surface area contributed by atoms with E-state index in [9.17, 15) is 13.6 Å². The SMILES string of the molecule is C=CCC[C@@H](Sc1ccc(C)cc1)[C@@H](CC(=O)[C@@H](C)c1ccccc1)C(F)(F)Cl. The van der Waals surface area contributed by atoms with Gasteiger partial charge in [0.05, 0.1) is 5.92 Å². The summed E-state index contributed by atoms with van der Waals surface area (Å²) in [4.78, 5) is 13.7. The van der Waals surface area contributed by atoms with E-state index in [1.807, 2.05) is 61.5 Å². The van der Waals surface area contributed by atoms with Gasteiger partial charge in [-0.2, -0.15) is 8.78 Å². The molecule has 29 heavy (non-hydrogen) atoms. The van der Waals surface area contributed by atoms with Crippen molar-refractivity contribution in [2.45, 2.75) is 54.6 Å². The zero-order valence-corrected chi connectivity index (χ0v) is 18.4. The molecule has 0 amide bonds. The van der Waals surface area contributed by atoms with Gasteiger partial charge in [-0.15, -0.1) is 18.3 Å². The summed E-state index contributed by atoms with van der Waals surface area (Å²) < 4.78 is 28.9. The predicted molar refractivity (Wildman–Crippen MR) is 119 cm³/mol. The number of halogens is 3. The topological polar surface area (TPSA) is 17.1 Å². The molecular formula is C24H27ClF2OS. The molecular weight excluding hydrogens is 410 g/mol. The van der Waals surface area contributed by atoms with Crippen LogP contribution in [0.25, 0.3) is 0 Å². The van der Waals surface area contributed by atoms with Crippen molar-refractivity contribution in [2.75, 3.05) is 0 Å². The molecule has 1 nitrogen and oxygen atoms in total. The van der Waals surface area contributed by atoms with Gasteiger partial charge in [-0.1, -0.05) is 61.0 Å². The number of carbonyl (C=O) groups excluding carboxylic acids is 1. The van der Waals surface area contributed by atoms with Crippen LogP contribution in [-0.4, -0.2) is 16.4 Å². The maximum atomic E-state index is 14.4. The van der Waals surface area contributed by atoms with Crippen LogP contribution in [0.4, 0.5) is 8.78 Å². The molecule has 3 atom stereocenters. The summed E-state index contributed by atoms with van der Waals surface area (Å²) in [7, 11) is 0. The summed E-state index contributed by atoms with van der Waals surface area (Å²) in [6.45, 7) is 7.44. The Morgan fingerprint density at radius 2 is 1.79 bits per heavy atom. The first-order valence-corrected chi connectivity index (χ1v) is 11.0. The van der Waals surface area contributed by atoms with Gasteiger partial charge in [-0.05, 0) is 49.1 Å². The van der Waals surface area contributed by atoms with E-state index >= 15 is 0 Å². The number of alkyl halides is 3. The molecule has 5 heteroatoms. The number of ketones is 1. The van der Waals surface area contributed by atoms with E-state index in [1.54, 1.807) is 13.0 Å². The largest absolute Gasteiger partial charge is 0.325 e. The predicted octanol–water partition coefficient (Wildman–Crippen LogP) is 7.63. The molecule has 0 fully saturated rings. The van der Waals surface area contributed by atoms with Crippen molar-refractivity contribution < 1.29 is 13.6 Å². The summed E-state index contributed by atoms with van der Waals surface area (Å²) in [6, 6.07) is 16.9. The van der Waals surface area contributed by atoms with Crippen LogP contribution in [-0.2, 0) is 4.79 Å². The van der Waals surface area contributed by atoms with Crippen LogP contribution in [0.15, 0.2) is 72.1 Å². The fourth-order valence-electron chi connectivity index (χ4n) is 3.20. The Kier molecular flexibility index (Phi) is 8.91. The maximum Gasteiger partial charge on any atom is 0.325 e. The summed E-state index contributed by atoms with van der Waals surface area (Å²) in [6.07, 6.45) is 2.49. The standard InChI is InChI=1S/C24H27ClF2OS/c1-4-5-11-23(29-20-14-12-17(2)13-15-20)21(24(25,26)27)16-22(28)18(3)19-9-7-6-8-10-19/h4,6-10,12-15,18,21,23H,1,5,11,16H2,2-3H3/t18-,21+,23+/m0/s1. The molecule has 0 N–H and O–H groups in total. The van der Waals surface area contributed by atoms with Gasteiger partial charge >= 0.3 is 5.38 Å². The van der Waals surface area contributed by atoms with Crippen molar-refractivity contribution >= 4 is 29.1 Å². The molecule has 2 aromatic carbocycles. The van der Waals surface area contributed by atoms with Crippen molar-refractivity contribution in [1.82, 2.24) is 0 Å². The van der Waals surface area contributed by atoms with E-state index in [1.165, 1.54) is 11.8 Å². The molecule has 0 saturated carbocycles. The molecule has 156 valence electrons. The van der Waals surface area contributed by atoms with Gasteiger partial charge in [0, 0.05) is 22.5 Å². The summed E-state index contributed by atoms with van der Waals surface area (Å²) >= 11 is 6.89. The van der Waals surface area contributed by atoms with Gasteiger partial charge in [-0.25, -0.2) is 0 Å². The normalized spacial score (nSPS) is 14.8.